The Kier molecular flexibility index (Phi) is 3.86. The van der Waals surface area contributed by atoms with Gasteiger partial charge in [-0.15, -0.1) is 0 Å². The number of methoxy groups -OCH3 is 1. The van der Waals surface area contributed by atoms with Crippen LogP contribution in [0.15, 0.2) is 24.3 Å². The van der Waals surface area contributed by atoms with E-state index in [0.717, 1.165) is 11.5 Å². The fourth-order valence-electron chi connectivity index (χ4n) is 1.79. The molecule has 1 aromatic carbocycles. The third-order valence-corrected chi connectivity index (χ3v) is 2.78. The summed E-state index contributed by atoms with van der Waals surface area (Å²) >= 11 is 0. The second-order valence-electron chi connectivity index (χ2n) is 4.08. The van der Waals surface area contributed by atoms with Gasteiger partial charge in [-0.2, -0.15) is 0 Å². The molecule has 0 radical (unpaired) electrons. The molecule has 1 heterocycles. The monoisotopic (exact) mass is 238 g/mol. The van der Waals surface area contributed by atoms with Gasteiger partial charge in [0.1, 0.15) is 0 Å². The first-order chi connectivity index (χ1) is 8.23. The summed E-state index contributed by atoms with van der Waals surface area (Å²) < 4.78 is 21.9. The Balaban J connectivity index is 1.85. The maximum absolute atomic E-state index is 5.67. The largest absolute Gasteiger partial charge is 0.493 e. The van der Waals surface area contributed by atoms with Gasteiger partial charge in [0, 0.05) is 6.42 Å². The van der Waals surface area contributed by atoms with Crippen LogP contribution in [0, 0.1) is 0 Å². The Morgan fingerprint density at radius 2 is 1.82 bits per heavy atom. The van der Waals surface area contributed by atoms with Crippen molar-refractivity contribution in [1.82, 2.24) is 0 Å². The molecule has 0 amide bonds. The van der Waals surface area contributed by atoms with E-state index in [2.05, 4.69) is 0 Å². The molecule has 1 fully saturated rings. The third kappa shape index (κ3) is 3.11. The van der Waals surface area contributed by atoms with Gasteiger partial charge in [-0.3, -0.25) is 0 Å². The minimum Gasteiger partial charge on any atom is -0.493 e. The van der Waals surface area contributed by atoms with Crippen molar-refractivity contribution in [3.63, 3.8) is 0 Å². The van der Waals surface area contributed by atoms with E-state index in [-0.39, 0.29) is 0 Å². The first kappa shape index (κ1) is 12.2. The van der Waals surface area contributed by atoms with Crippen molar-refractivity contribution in [2.75, 3.05) is 26.9 Å². The van der Waals surface area contributed by atoms with Gasteiger partial charge in [0.05, 0.1) is 26.9 Å². The van der Waals surface area contributed by atoms with Crippen molar-refractivity contribution in [2.24, 2.45) is 0 Å². The van der Waals surface area contributed by atoms with Gasteiger partial charge < -0.3 is 18.9 Å². The minimum absolute atomic E-state index is 0.498. The van der Waals surface area contributed by atoms with E-state index in [1.54, 1.807) is 7.11 Å². The van der Waals surface area contributed by atoms with E-state index in [0.29, 0.717) is 26.2 Å². The van der Waals surface area contributed by atoms with E-state index in [1.165, 1.54) is 0 Å². The highest BCUT2D eigenvalue weighted by Crippen LogP contribution is 2.27. The van der Waals surface area contributed by atoms with Crippen molar-refractivity contribution in [2.45, 2.75) is 19.1 Å². The molecule has 0 aliphatic carbocycles. The Hall–Kier alpha value is -1.26. The smallest absolute Gasteiger partial charge is 0.168 e. The lowest BCUT2D eigenvalue weighted by molar-refractivity contribution is -0.150. The fourth-order valence-corrected chi connectivity index (χ4v) is 1.79. The molecule has 0 saturated carbocycles. The van der Waals surface area contributed by atoms with Crippen LogP contribution in [-0.2, 0) is 9.47 Å². The zero-order valence-electron chi connectivity index (χ0n) is 10.3. The lowest BCUT2D eigenvalue weighted by atomic mass is 10.2. The minimum atomic E-state index is -0.498. The van der Waals surface area contributed by atoms with Crippen LogP contribution in [0.2, 0.25) is 0 Å². The predicted molar refractivity (Wildman–Crippen MR) is 63.4 cm³/mol. The summed E-state index contributed by atoms with van der Waals surface area (Å²) in [5.74, 6) is 0.990. The number of ether oxygens (including phenoxy) is 4. The molecule has 1 aliphatic heterocycles. The fraction of sp³-hybridized carbons (Fsp3) is 0.538. The first-order valence-corrected chi connectivity index (χ1v) is 5.77. The zero-order chi connectivity index (χ0) is 12.1. The number of rotatable bonds is 5. The lowest BCUT2D eigenvalue weighted by Crippen LogP contribution is -2.27. The molecule has 0 spiro atoms. The summed E-state index contributed by atoms with van der Waals surface area (Å²) in [7, 11) is 1.63. The van der Waals surface area contributed by atoms with Crippen LogP contribution in [0.25, 0.3) is 0 Å². The number of hydrogen-bond acceptors (Lipinski definition) is 4. The molecule has 94 valence electrons. The van der Waals surface area contributed by atoms with Crippen LogP contribution >= 0.6 is 0 Å². The highest BCUT2D eigenvalue weighted by Gasteiger charge is 2.30. The van der Waals surface area contributed by atoms with E-state index >= 15 is 0 Å². The van der Waals surface area contributed by atoms with Gasteiger partial charge in [-0.25, -0.2) is 0 Å². The predicted octanol–water partition coefficient (Wildman–Crippen LogP) is 2.23. The number of hydrogen-bond donors (Lipinski definition) is 0. The van der Waals surface area contributed by atoms with Crippen LogP contribution in [0.5, 0.6) is 11.5 Å². The normalized spacial score (nSPS) is 18.0. The molecule has 2 rings (SSSR count). The molecule has 1 aromatic rings. The zero-order valence-corrected chi connectivity index (χ0v) is 10.3. The molecule has 4 heteroatoms. The molecule has 0 aromatic heterocycles. The first-order valence-electron chi connectivity index (χ1n) is 5.77. The van der Waals surface area contributed by atoms with Crippen molar-refractivity contribution in [3.05, 3.63) is 24.3 Å². The highest BCUT2D eigenvalue weighted by atomic mass is 16.7. The highest BCUT2D eigenvalue weighted by molar-refractivity contribution is 5.39. The summed E-state index contributed by atoms with van der Waals surface area (Å²) in [5, 5.41) is 0. The topological polar surface area (TPSA) is 36.9 Å². The molecular weight excluding hydrogens is 220 g/mol. The van der Waals surface area contributed by atoms with Crippen LogP contribution in [-0.4, -0.2) is 32.7 Å². The quantitative estimate of drug-likeness (QED) is 0.788. The standard InChI is InChI=1S/C13H18O4/c1-13(16-9-10-17-13)7-8-15-12-6-4-3-5-11(12)14-2/h3-6H,7-10H2,1-2H3. The summed E-state index contributed by atoms with van der Waals surface area (Å²) in [6.45, 7) is 3.79. The van der Waals surface area contributed by atoms with Gasteiger partial charge >= 0.3 is 0 Å². The van der Waals surface area contributed by atoms with Gasteiger partial charge in [-0.05, 0) is 19.1 Å². The average Bonchev–Trinajstić information content (AvgIpc) is 2.77. The van der Waals surface area contributed by atoms with E-state index in [1.807, 2.05) is 31.2 Å². The van der Waals surface area contributed by atoms with Gasteiger partial charge in [0.25, 0.3) is 0 Å². The van der Waals surface area contributed by atoms with Crippen molar-refractivity contribution in [3.8, 4) is 11.5 Å². The van der Waals surface area contributed by atoms with Crippen LogP contribution in [0.3, 0.4) is 0 Å². The number of benzene rings is 1. The molecule has 4 nitrogen and oxygen atoms in total. The van der Waals surface area contributed by atoms with Crippen molar-refractivity contribution in [1.29, 1.82) is 0 Å². The summed E-state index contributed by atoms with van der Waals surface area (Å²) in [4.78, 5) is 0. The van der Waals surface area contributed by atoms with Crippen molar-refractivity contribution < 1.29 is 18.9 Å². The van der Waals surface area contributed by atoms with Gasteiger partial charge in [-0.1, -0.05) is 12.1 Å². The Labute approximate surface area is 101 Å². The van der Waals surface area contributed by atoms with Gasteiger partial charge in [0.2, 0.25) is 0 Å². The molecule has 0 atom stereocenters. The molecular formula is C13H18O4. The molecule has 1 saturated heterocycles. The maximum atomic E-state index is 5.67. The maximum Gasteiger partial charge on any atom is 0.168 e. The van der Waals surface area contributed by atoms with Crippen LogP contribution < -0.4 is 9.47 Å². The average molecular weight is 238 g/mol. The van der Waals surface area contributed by atoms with E-state index < -0.39 is 5.79 Å². The summed E-state index contributed by atoms with van der Waals surface area (Å²) in [5.41, 5.74) is 0. The second kappa shape index (κ2) is 5.38. The number of para-hydroxylation sites is 2. The van der Waals surface area contributed by atoms with E-state index in [4.69, 9.17) is 18.9 Å². The third-order valence-electron chi connectivity index (χ3n) is 2.78. The molecule has 0 bridgehead atoms. The van der Waals surface area contributed by atoms with Crippen molar-refractivity contribution >= 4 is 0 Å². The van der Waals surface area contributed by atoms with Crippen LogP contribution in [0.4, 0.5) is 0 Å². The lowest BCUT2D eigenvalue weighted by Gasteiger charge is -2.22. The SMILES string of the molecule is COc1ccccc1OCCC1(C)OCCO1. The molecule has 0 N–H and O–H groups in total. The Bertz CT molecular complexity index is 358. The Morgan fingerprint density at radius 3 is 2.47 bits per heavy atom. The molecule has 1 aliphatic rings. The molecule has 17 heavy (non-hydrogen) atoms. The summed E-state index contributed by atoms with van der Waals surface area (Å²) in [6.07, 6.45) is 0.699. The van der Waals surface area contributed by atoms with Gasteiger partial charge in [0.15, 0.2) is 17.3 Å². The summed E-state index contributed by atoms with van der Waals surface area (Å²) in [6, 6.07) is 7.59. The molecule has 0 unspecified atom stereocenters. The Morgan fingerprint density at radius 1 is 1.18 bits per heavy atom. The van der Waals surface area contributed by atoms with E-state index in [9.17, 15) is 0 Å². The second-order valence-corrected chi connectivity index (χ2v) is 4.08. The van der Waals surface area contributed by atoms with Crippen LogP contribution in [0.1, 0.15) is 13.3 Å².